The number of ether oxygens (including phenoxy) is 1. The summed E-state index contributed by atoms with van der Waals surface area (Å²) in [5.41, 5.74) is -0.106. The molecule has 0 amide bonds. The van der Waals surface area contributed by atoms with Crippen molar-refractivity contribution in [1.82, 2.24) is 0 Å². The molecular formula is C10H16BrF3O. The maximum atomic E-state index is 12.0. The second-order valence-corrected chi connectivity index (χ2v) is 5.16. The molecule has 90 valence electrons. The molecule has 0 aliphatic heterocycles. The van der Waals surface area contributed by atoms with Gasteiger partial charge in [0.1, 0.15) is 6.61 Å². The highest BCUT2D eigenvalue weighted by Gasteiger charge is 2.53. The Bertz CT molecular complexity index is 213. The average Bonchev–Trinajstić information content (AvgIpc) is 2.12. The second-order valence-electron chi connectivity index (χ2n) is 4.06. The summed E-state index contributed by atoms with van der Waals surface area (Å²) < 4.78 is 40.9. The third-order valence-electron chi connectivity index (χ3n) is 3.45. The lowest BCUT2D eigenvalue weighted by atomic mass is 9.62. The molecule has 0 aromatic carbocycles. The van der Waals surface area contributed by atoms with Gasteiger partial charge < -0.3 is 4.74 Å². The lowest BCUT2D eigenvalue weighted by Crippen LogP contribution is -2.55. The van der Waals surface area contributed by atoms with Gasteiger partial charge in [0.15, 0.2) is 0 Å². The summed E-state index contributed by atoms with van der Waals surface area (Å²) in [6.07, 6.45) is -2.09. The molecule has 1 aliphatic rings. The summed E-state index contributed by atoms with van der Waals surface area (Å²) in [5, 5.41) is 0. The molecule has 0 bridgehead atoms. The van der Waals surface area contributed by atoms with E-state index in [9.17, 15) is 13.2 Å². The zero-order valence-corrected chi connectivity index (χ0v) is 10.5. The summed E-state index contributed by atoms with van der Waals surface area (Å²) in [4.78, 5) is 0.290. The molecule has 1 nitrogen and oxygen atoms in total. The first kappa shape index (κ1) is 13.3. The van der Waals surface area contributed by atoms with Crippen LogP contribution in [0.2, 0.25) is 0 Å². The molecular weight excluding hydrogens is 273 g/mol. The monoisotopic (exact) mass is 288 g/mol. The van der Waals surface area contributed by atoms with Crippen LogP contribution in [0.1, 0.15) is 33.1 Å². The zero-order chi connectivity index (χ0) is 11.7. The first-order valence-electron chi connectivity index (χ1n) is 5.18. The topological polar surface area (TPSA) is 9.23 Å². The minimum Gasteiger partial charge on any atom is -0.368 e. The Balaban J connectivity index is 2.51. The number of rotatable bonds is 4. The van der Waals surface area contributed by atoms with E-state index in [1.807, 2.05) is 13.8 Å². The SMILES string of the molecule is CCC1(CC)C(Br)CC1OCC(F)(F)F. The van der Waals surface area contributed by atoms with Crippen LogP contribution < -0.4 is 0 Å². The fourth-order valence-corrected chi connectivity index (χ4v) is 3.56. The Labute approximate surface area is 96.5 Å². The van der Waals surface area contributed by atoms with Crippen molar-refractivity contribution in [3.05, 3.63) is 0 Å². The van der Waals surface area contributed by atoms with Gasteiger partial charge in [0.05, 0.1) is 6.10 Å². The van der Waals surface area contributed by atoms with Gasteiger partial charge in [-0.2, -0.15) is 13.2 Å². The van der Waals surface area contributed by atoms with E-state index in [2.05, 4.69) is 15.9 Å². The fourth-order valence-electron chi connectivity index (χ4n) is 2.28. The number of hydrogen-bond acceptors (Lipinski definition) is 1. The van der Waals surface area contributed by atoms with Gasteiger partial charge >= 0.3 is 6.18 Å². The summed E-state index contributed by atoms with van der Waals surface area (Å²) in [6, 6.07) is 0. The molecule has 1 aliphatic carbocycles. The molecule has 1 rings (SSSR count). The van der Waals surface area contributed by atoms with Crippen LogP contribution in [0.5, 0.6) is 0 Å². The standard InChI is InChI=1S/C10H16BrF3O/c1-3-9(4-2)7(11)5-8(9)15-6-10(12,13)14/h7-8H,3-6H2,1-2H3. The highest BCUT2D eigenvalue weighted by atomic mass is 79.9. The highest BCUT2D eigenvalue weighted by Crippen LogP contribution is 2.52. The quantitative estimate of drug-likeness (QED) is 0.713. The molecule has 2 atom stereocenters. The smallest absolute Gasteiger partial charge is 0.368 e. The van der Waals surface area contributed by atoms with Crippen LogP contribution in [0.25, 0.3) is 0 Å². The van der Waals surface area contributed by atoms with Crippen LogP contribution in [0.15, 0.2) is 0 Å². The minimum absolute atomic E-state index is 0.106. The number of halogens is 4. The predicted octanol–water partition coefficient (Wildman–Crippen LogP) is 3.91. The Morgan fingerprint density at radius 3 is 2.20 bits per heavy atom. The van der Waals surface area contributed by atoms with E-state index in [1.165, 1.54) is 0 Å². The lowest BCUT2D eigenvalue weighted by Gasteiger charge is -2.53. The van der Waals surface area contributed by atoms with E-state index < -0.39 is 12.8 Å². The molecule has 5 heteroatoms. The van der Waals surface area contributed by atoms with E-state index >= 15 is 0 Å². The van der Waals surface area contributed by atoms with Crippen molar-refractivity contribution in [1.29, 1.82) is 0 Å². The van der Waals surface area contributed by atoms with Crippen LogP contribution in [0, 0.1) is 5.41 Å². The van der Waals surface area contributed by atoms with Crippen LogP contribution in [0.4, 0.5) is 13.2 Å². The fraction of sp³-hybridized carbons (Fsp3) is 1.00. The molecule has 0 heterocycles. The number of hydrogen-bond donors (Lipinski definition) is 0. The van der Waals surface area contributed by atoms with E-state index in [0.29, 0.717) is 11.2 Å². The third kappa shape index (κ3) is 2.67. The van der Waals surface area contributed by atoms with Crippen molar-refractivity contribution in [2.45, 2.75) is 50.2 Å². The van der Waals surface area contributed by atoms with Crippen molar-refractivity contribution < 1.29 is 17.9 Å². The number of alkyl halides is 4. The van der Waals surface area contributed by atoms with Gasteiger partial charge in [-0.1, -0.05) is 29.8 Å². The van der Waals surface area contributed by atoms with Crippen molar-refractivity contribution in [2.24, 2.45) is 5.41 Å². The largest absolute Gasteiger partial charge is 0.411 e. The van der Waals surface area contributed by atoms with Crippen molar-refractivity contribution in [3.8, 4) is 0 Å². The maximum absolute atomic E-state index is 12.0. The summed E-state index contributed by atoms with van der Waals surface area (Å²) >= 11 is 3.50. The van der Waals surface area contributed by atoms with Gasteiger partial charge in [0, 0.05) is 10.2 Å². The van der Waals surface area contributed by atoms with Crippen LogP contribution in [-0.4, -0.2) is 23.7 Å². The first-order chi connectivity index (χ1) is 6.85. The van der Waals surface area contributed by atoms with Gasteiger partial charge in [-0.3, -0.25) is 0 Å². The molecule has 0 aromatic rings. The van der Waals surface area contributed by atoms with Crippen LogP contribution >= 0.6 is 15.9 Å². The van der Waals surface area contributed by atoms with Crippen molar-refractivity contribution in [3.63, 3.8) is 0 Å². The van der Waals surface area contributed by atoms with Gasteiger partial charge in [-0.15, -0.1) is 0 Å². The Morgan fingerprint density at radius 1 is 1.33 bits per heavy atom. The Morgan fingerprint density at radius 2 is 1.87 bits per heavy atom. The lowest BCUT2D eigenvalue weighted by molar-refractivity contribution is -0.214. The van der Waals surface area contributed by atoms with Crippen LogP contribution in [-0.2, 0) is 4.74 Å². The van der Waals surface area contributed by atoms with Gasteiger partial charge in [-0.05, 0) is 19.3 Å². The minimum atomic E-state index is -4.22. The molecule has 0 N–H and O–H groups in total. The molecule has 15 heavy (non-hydrogen) atoms. The molecule has 1 fully saturated rings. The van der Waals surface area contributed by atoms with Gasteiger partial charge in [0.2, 0.25) is 0 Å². The average molecular weight is 289 g/mol. The summed E-state index contributed by atoms with van der Waals surface area (Å²) in [7, 11) is 0. The molecule has 0 radical (unpaired) electrons. The molecule has 0 aromatic heterocycles. The third-order valence-corrected chi connectivity index (χ3v) is 4.74. The Hall–Kier alpha value is 0.230. The van der Waals surface area contributed by atoms with E-state index in [0.717, 1.165) is 12.8 Å². The molecule has 2 unspecified atom stereocenters. The predicted molar refractivity (Wildman–Crippen MR) is 56.1 cm³/mol. The normalized spacial score (nSPS) is 30.0. The zero-order valence-electron chi connectivity index (χ0n) is 8.90. The Kier molecular flexibility index (Phi) is 4.09. The maximum Gasteiger partial charge on any atom is 0.411 e. The van der Waals surface area contributed by atoms with E-state index in [4.69, 9.17) is 4.74 Å². The van der Waals surface area contributed by atoms with Gasteiger partial charge in [-0.25, -0.2) is 0 Å². The van der Waals surface area contributed by atoms with Crippen molar-refractivity contribution in [2.75, 3.05) is 6.61 Å². The summed E-state index contributed by atoms with van der Waals surface area (Å²) in [6.45, 7) is 2.88. The van der Waals surface area contributed by atoms with Crippen molar-refractivity contribution >= 4 is 15.9 Å². The van der Waals surface area contributed by atoms with E-state index in [-0.39, 0.29) is 11.5 Å². The summed E-state index contributed by atoms with van der Waals surface area (Å²) in [5.74, 6) is 0. The second kappa shape index (κ2) is 4.62. The molecule has 0 spiro atoms. The first-order valence-corrected chi connectivity index (χ1v) is 6.09. The van der Waals surface area contributed by atoms with E-state index in [1.54, 1.807) is 0 Å². The van der Waals surface area contributed by atoms with Crippen LogP contribution in [0.3, 0.4) is 0 Å². The highest BCUT2D eigenvalue weighted by molar-refractivity contribution is 9.09. The molecule has 1 saturated carbocycles. The molecule has 0 saturated heterocycles. The van der Waals surface area contributed by atoms with Gasteiger partial charge in [0.25, 0.3) is 0 Å².